The molecule has 128 valence electrons. The molecular formula is C20H20N2O3. The maximum absolute atomic E-state index is 11.9. The van der Waals surface area contributed by atoms with Gasteiger partial charge < -0.3 is 10.1 Å². The molecule has 5 heteroatoms. The van der Waals surface area contributed by atoms with Crippen molar-refractivity contribution in [2.75, 3.05) is 6.61 Å². The van der Waals surface area contributed by atoms with E-state index < -0.39 is 5.97 Å². The Morgan fingerprint density at radius 1 is 1.12 bits per heavy atom. The molecule has 0 aliphatic rings. The number of hydrogen-bond acceptors (Lipinski definition) is 4. The standard InChI is InChI=1S/C20H20N2O3/c1-15(7-8-16-5-3-2-4-6-16)22-19(23)14-25-20(24)18-11-9-17(13-21)10-12-18/h2-6,9-12,15H,7-8,14H2,1H3,(H,22,23)/t15-/m0/s1. The van der Waals surface area contributed by atoms with Gasteiger partial charge in [0.05, 0.1) is 17.2 Å². The number of hydrogen-bond donors (Lipinski definition) is 1. The van der Waals surface area contributed by atoms with E-state index in [2.05, 4.69) is 5.32 Å². The van der Waals surface area contributed by atoms with Crippen LogP contribution >= 0.6 is 0 Å². The van der Waals surface area contributed by atoms with Gasteiger partial charge in [0, 0.05) is 6.04 Å². The van der Waals surface area contributed by atoms with Gasteiger partial charge >= 0.3 is 5.97 Å². The smallest absolute Gasteiger partial charge is 0.338 e. The molecule has 1 atom stereocenters. The van der Waals surface area contributed by atoms with Crippen LogP contribution in [0, 0.1) is 11.3 Å². The number of nitrogens with zero attached hydrogens (tertiary/aromatic N) is 1. The molecule has 2 rings (SSSR count). The zero-order chi connectivity index (χ0) is 18.1. The van der Waals surface area contributed by atoms with Gasteiger partial charge in [-0.3, -0.25) is 4.79 Å². The zero-order valence-corrected chi connectivity index (χ0v) is 14.1. The first-order chi connectivity index (χ1) is 12.1. The van der Waals surface area contributed by atoms with Crippen LogP contribution < -0.4 is 5.32 Å². The van der Waals surface area contributed by atoms with Gasteiger partial charge in [-0.25, -0.2) is 4.79 Å². The third kappa shape index (κ3) is 6.11. The summed E-state index contributed by atoms with van der Waals surface area (Å²) in [4.78, 5) is 23.7. The Kier molecular flexibility index (Phi) is 6.73. The Morgan fingerprint density at radius 3 is 2.44 bits per heavy atom. The van der Waals surface area contributed by atoms with Crippen molar-refractivity contribution in [2.24, 2.45) is 0 Å². The summed E-state index contributed by atoms with van der Waals surface area (Å²) in [5.74, 6) is -0.917. The van der Waals surface area contributed by atoms with Crippen molar-refractivity contribution in [3.05, 3.63) is 71.3 Å². The summed E-state index contributed by atoms with van der Waals surface area (Å²) in [6.07, 6.45) is 1.67. The Balaban J connectivity index is 1.72. The molecule has 5 nitrogen and oxygen atoms in total. The molecule has 1 N–H and O–H groups in total. The summed E-state index contributed by atoms with van der Waals surface area (Å²) >= 11 is 0. The van der Waals surface area contributed by atoms with E-state index in [0.717, 1.165) is 12.8 Å². The predicted molar refractivity (Wildman–Crippen MR) is 93.8 cm³/mol. The van der Waals surface area contributed by atoms with Crippen molar-refractivity contribution in [3.8, 4) is 6.07 Å². The first-order valence-electron chi connectivity index (χ1n) is 8.09. The highest BCUT2D eigenvalue weighted by Crippen LogP contribution is 2.06. The number of benzene rings is 2. The van der Waals surface area contributed by atoms with E-state index in [0.29, 0.717) is 11.1 Å². The first kappa shape index (κ1) is 18.2. The molecule has 0 aliphatic carbocycles. The Hall–Kier alpha value is -3.13. The summed E-state index contributed by atoms with van der Waals surface area (Å²) < 4.78 is 4.99. The number of aryl methyl sites for hydroxylation is 1. The van der Waals surface area contributed by atoms with Crippen LogP contribution in [0.3, 0.4) is 0 Å². The van der Waals surface area contributed by atoms with Crippen LogP contribution in [0.25, 0.3) is 0 Å². The van der Waals surface area contributed by atoms with Crippen molar-refractivity contribution in [1.82, 2.24) is 5.32 Å². The third-order valence-electron chi connectivity index (χ3n) is 3.70. The van der Waals surface area contributed by atoms with Gasteiger partial charge in [0.1, 0.15) is 0 Å². The number of carbonyl (C=O) groups is 2. The molecule has 0 saturated heterocycles. The number of ether oxygens (including phenoxy) is 1. The number of amides is 1. The molecule has 0 spiro atoms. The normalized spacial score (nSPS) is 11.2. The van der Waals surface area contributed by atoms with Gasteiger partial charge in [0.25, 0.3) is 5.91 Å². The SMILES string of the molecule is C[C@@H](CCc1ccccc1)NC(=O)COC(=O)c1ccc(C#N)cc1. The molecule has 0 fully saturated rings. The Bertz CT molecular complexity index is 749. The second kappa shape index (κ2) is 9.24. The minimum atomic E-state index is -0.587. The third-order valence-corrected chi connectivity index (χ3v) is 3.70. The maximum Gasteiger partial charge on any atom is 0.338 e. The largest absolute Gasteiger partial charge is 0.452 e. The van der Waals surface area contributed by atoms with Gasteiger partial charge in [-0.1, -0.05) is 30.3 Å². The van der Waals surface area contributed by atoms with Crippen LogP contribution in [0.2, 0.25) is 0 Å². The molecule has 0 aromatic heterocycles. The van der Waals surface area contributed by atoms with E-state index in [1.54, 1.807) is 0 Å². The molecule has 25 heavy (non-hydrogen) atoms. The average molecular weight is 336 g/mol. The van der Waals surface area contributed by atoms with E-state index in [-0.39, 0.29) is 18.6 Å². The van der Waals surface area contributed by atoms with Crippen LogP contribution in [0.5, 0.6) is 0 Å². The molecule has 0 heterocycles. The van der Waals surface area contributed by atoms with E-state index in [1.165, 1.54) is 29.8 Å². The second-order valence-electron chi connectivity index (χ2n) is 5.76. The highest BCUT2D eigenvalue weighted by atomic mass is 16.5. The lowest BCUT2D eigenvalue weighted by atomic mass is 10.1. The van der Waals surface area contributed by atoms with Gasteiger partial charge in [-0.05, 0) is 49.6 Å². The number of nitrogens with one attached hydrogen (secondary N) is 1. The summed E-state index contributed by atoms with van der Waals surface area (Å²) in [6, 6.07) is 18.1. The van der Waals surface area contributed by atoms with Crippen LogP contribution in [-0.2, 0) is 16.0 Å². The topological polar surface area (TPSA) is 79.2 Å². The minimum Gasteiger partial charge on any atom is -0.452 e. The Morgan fingerprint density at radius 2 is 1.80 bits per heavy atom. The molecule has 0 bridgehead atoms. The van der Waals surface area contributed by atoms with Crippen molar-refractivity contribution < 1.29 is 14.3 Å². The quantitative estimate of drug-likeness (QED) is 0.789. The molecule has 0 unspecified atom stereocenters. The fraction of sp³-hybridized carbons (Fsp3) is 0.250. The molecule has 0 saturated carbocycles. The lowest BCUT2D eigenvalue weighted by Gasteiger charge is -2.14. The molecule has 2 aromatic rings. The molecule has 1 amide bonds. The summed E-state index contributed by atoms with van der Waals surface area (Å²) in [5, 5.41) is 11.5. The number of nitriles is 1. The van der Waals surface area contributed by atoms with Crippen LogP contribution in [0.4, 0.5) is 0 Å². The number of rotatable bonds is 7. The Labute approximate surface area is 147 Å². The predicted octanol–water partition coefficient (Wildman–Crippen LogP) is 2.85. The van der Waals surface area contributed by atoms with Gasteiger partial charge in [0.15, 0.2) is 6.61 Å². The fourth-order valence-corrected chi connectivity index (χ4v) is 2.31. The van der Waals surface area contributed by atoms with E-state index in [4.69, 9.17) is 10.00 Å². The van der Waals surface area contributed by atoms with Gasteiger partial charge in [-0.15, -0.1) is 0 Å². The summed E-state index contributed by atoms with van der Waals surface area (Å²) in [5.41, 5.74) is 1.99. The van der Waals surface area contributed by atoms with Crippen LogP contribution in [0.15, 0.2) is 54.6 Å². The van der Waals surface area contributed by atoms with Crippen molar-refractivity contribution in [2.45, 2.75) is 25.8 Å². The zero-order valence-electron chi connectivity index (χ0n) is 14.1. The van der Waals surface area contributed by atoms with Crippen LogP contribution in [0.1, 0.15) is 34.8 Å². The molecule has 0 aliphatic heterocycles. The number of carbonyl (C=O) groups excluding carboxylic acids is 2. The number of esters is 1. The van der Waals surface area contributed by atoms with Crippen molar-refractivity contribution in [1.29, 1.82) is 5.26 Å². The van der Waals surface area contributed by atoms with Crippen molar-refractivity contribution >= 4 is 11.9 Å². The fourth-order valence-electron chi connectivity index (χ4n) is 2.31. The maximum atomic E-state index is 11.9. The van der Waals surface area contributed by atoms with Crippen molar-refractivity contribution in [3.63, 3.8) is 0 Å². The summed E-state index contributed by atoms with van der Waals surface area (Å²) in [7, 11) is 0. The molecule has 0 radical (unpaired) electrons. The monoisotopic (exact) mass is 336 g/mol. The lowest BCUT2D eigenvalue weighted by Crippen LogP contribution is -2.36. The summed E-state index contributed by atoms with van der Waals surface area (Å²) in [6.45, 7) is 1.60. The van der Waals surface area contributed by atoms with Crippen LogP contribution in [-0.4, -0.2) is 24.5 Å². The van der Waals surface area contributed by atoms with E-state index in [1.807, 2.05) is 43.3 Å². The van der Waals surface area contributed by atoms with E-state index in [9.17, 15) is 9.59 Å². The average Bonchev–Trinajstić information content (AvgIpc) is 2.65. The highest BCUT2D eigenvalue weighted by Gasteiger charge is 2.12. The minimum absolute atomic E-state index is 0.0127. The lowest BCUT2D eigenvalue weighted by molar-refractivity contribution is -0.124. The van der Waals surface area contributed by atoms with Gasteiger partial charge in [0.2, 0.25) is 0 Å². The second-order valence-corrected chi connectivity index (χ2v) is 5.76. The van der Waals surface area contributed by atoms with E-state index >= 15 is 0 Å². The van der Waals surface area contributed by atoms with Gasteiger partial charge in [-0.2, -0.15) is 5.26 Å². The molecular weight excluding hydrogens is 316 g/mol. The highest BCUT2D eigenvalue weighted by molar-refractivity contribution is 5.91. The first-order valence-corrected chi connectivity index (χ1v) is 8.09. The molecule has 2 aromatic carbocycles.